The Balaban J connectivity index is 1.88. The minimum Gasteiger partial charge on any atom is -0.314 e. The molecule has 2 nitrogen and oxygen atoms in total. The van der Waals surface area contributed by atoms with Crippen molar-refractivity contribution in [2.75, 3.05) is 0 Å². The second-order valence-corrected chi connectivity index (χ2v) is 8.96. The molecular weight excluding hydrogens is 243 g/mol. The maximum Gasteiger partial charge on any atom is 0.293 e. The summed E-state index contributed by atoms with van der Waals surface area (Å²) in [5.74, 6) is 1.25. The average molecular weight is 263 g/mol. The Morgan fingerprint density at radius 1 is 0.938 bits per heavy atom. The standard InChI is InChI=1S/C12H20ClO2P/c13-16(14)12-8-4-2-6-10(12)9-5-1-3-7-11(9)15-16/h9-12H,1-8H2. The molecule has 2 aliphatic carbocycles. The van der Waals surface area contributed by atoms with Crippen LogP contribution < -0.4 is 0 Å². The van der Waals surface area contributed by atoms with Crippen LogP contribution in [-0.4, -0.2) is 11.8 Å². The van der Waals surface area contributed by atoms with E-state index in [4.69, 9.17) is 15.8 Å². The first-order chi connectivity index (χ1) is 7.68. The average Bonchev–Trinajstić information content (AvgIpc) is 2.29. The fourth-order valence-electron chi connectivity index (χ4n) is 4.03. The minimum absolute atomic E-state index is 0.169. The first-order valence-electron chi connectivity index (χ1n) is 6.66. The van der Waals surface area contributed by atoms with Gasteiger partial charge >= 0.3 is 0 Å². The highest BCUT2D eigenvalue weighted by atomic mass is 35.7. The van der Waals surface area contributed by atoms with E-state index in [0.29, 0.717) is 11.8 Å². The van der Waals surface area contributed by atoms with E-state index in [1.807, 2.05) is 0 Å². The van der Waals surface area contributed by atoms with E-state index in [9.17, 15) is 4.57 Å². The Morgan fingerprint density at radius 3 is 2.38 bits per heavy atom. The molecule has 0 N–H and O–H groups in total. The van der Waals surface area contributed by atoms with Crippen LogP contribution in [0.4, 0.5) is 0 Å². The summed E-state index contributed by atoms with van der Waals surface area (Å²) in [4.78, 5) is 0. The molecule has 5 unspecified atom stereocenters. The van der Waals surface area contributed by atoms with Gasteiger partial charge < -0.3 is 4.52 Å². The molecule has 0 spiro atoms. The summed E-state index contributed by atoms with van der Waals surface area (Å²) >= 11 is 6.20. The maximum atomic E-state index is 12.4. The van der Waals surface area contributed by atoms with Gasteiger partial charge in [-0.1, -0.05) is 25.7 Å². The highest BCUT2D eigenvalue weighted by molar-refractivity contribution is 7.85. The van der Waals surface area contributed by atoms with Crippen molar-refractivity contribution in [3.05, 3.63) is 0 Å². The molecule has 1 saturated heterocycles. The van der Waals surface area contributed by atoms with Gasteiger partial charge in [0.2, 0.25) is 0 Å². The van der Waals surface area contributed by atoms with Crippen LogP contribution in [0.5, 0.6) is 0 Å². The molecule has 0 aromatic carbocycles. The molecule has 0 amide bonds. The van der Waals surface area contributed by atoms with Crippen molar-refractivity contribution in [3.63, 3.8) is 0 Å². The molecule has 0 radical (unpaired) electrons. The van der Waals surface area contributed by atoms with Gasteiger partial charge in [-0.2, -0.15) is 0 Å². The smallest absolute Gasteiger partial charge is 0.293 e. The van der Waals surface area contributed by atoms with Gasteiger partial charge in [0.15, 0.2) is 0 Å². The van der Waals surface area contributed by atoms with Crippen molar-refractivity contribution >= 4 is 18.0 Å². The number of halogens is 1. The fourth-order valence-corrected chi connectivity index (χ4v) is 7.17. The largest absolute Gasteiger partial charge is 0.314 e. The molecule has 0 aromatic heterocycles. The minimum atomic E-state index is -2.84. The van der Waals surface area contributed by atoms with Crippen LogP contribution in [0, 0.1) is 11.8 Å². The van der Waals surface area contributed by atoms with Crippen LogP contribution >= 0.6 is 18.0 Å². The van der Waals surface area contributed by atoms with E-state index < -0.39 is 6.72 Å². The molecule has 16 heavy (non-hydrogen) atoms. The Bertz CT molecular complexity index is 320. The van der Waals surface area contributed by atoms with Crippen LogP contribution in [0.2, 0.25) is 0 Å². The van der Waals surface area contributed by atoms with E-state index in [1.54, 1.807) is 0 Å². The van der Waals surface area contributed by atoms with Crippen molar-refractivity contribution in [3.8, 4) is 0 Å². The van der Waals surface area contributed by atoms with Gasteiger partial charge in [-0.3, -0.25) is 4.57 Å². The third-order valence-electron chi connectivity index (χ3n) is 4.76. The summed E-state index contributed by atoms with van der Waals surface area (Å²) in [7, 11) is 0. The summed E-state index contributed by atoms with van der Waals surface area (Å²) in [6.07, 6.45) is 9.81. The molecule has 92 valence electrons. The third kappa shape index (κ3) is 1.87. The predicted octanol–water partition coefficient (Wildman–Crippen LogP) is 4.57. The number of hydrogen-bond acceptors (Lipinski definition) is 2. The summed E-state index contributed by atoms with van der Waals surface area (Å²) in [6.45, 7) is -2.84. The molecule has 0 bridgehead atoms. The Hall–Kier alpha value is 0.480. The molecule has 3 aliphatic rings. The van der Waals surface area contributed by atoms with Gasteiger partial charge in [0.05, 0.1) is 11.8 Å². The van der Waals surface area contributed by atoms with Crippen molar-refractivity contribution in [2.45, 2.75) is 63.1 Å². The lowest BCUT2D eigenvalue weighted by atomic mass is 9.71. The predicted molar refractivity (Wildman–Crippen MR) is 66.0 cm³/mol. The Kier molecular flexibility index (Phi) is 3.11. The van der Waals surface area contributed by atoms with Crippen molar-refractivity contribution in [1.29, 1.82) is 0 Å². The lowest BCUT2D eigenvalue weighted by Gasteiger charge is -2.48. The molecule has 1 heterocycles. The van der Waals surface area contributed by atoms with Crippen LogP contribution in [0.1, 0.15) is 51.4 Å². The number of fused-ring (bicyclic) bond motifs is 3. The van der Waals surface area contributed by atoms with Crippen LogP contribution in [0.15, 0.2) is 0 Å². The molecule has 3 fully saturated rings. The first kappa shape index (κ1) is 11.6. The second-order valence-electron chi connectivity index (χ2n) is 5.63. The zero-order chi connectivity index (χ0) is 11.2. The topological polar surface area (TPSA) is 26.3 Å². The van der Waals surface area contributed by atoms with E-state index in [0.717, 1.165) is 12.8 Å². The Labute approximate surface area is 102 Å². The van der Waals surface area contributed by atoms with Gasteiger partial charge in [-0.05, 0) is 48.8 Å². The van der Waals surface area contributed by atoms with Crippen molar-refractivity contribution in [2.24, 2.45) is 11.8 Å². The summed E-state index contributed by atoms with van der Waals surface area (Å²) < 4.78 is 18.2. The maximum absolute atomic E-state index is 12.4. The lowest BCUT2D eigenvalue weighted by molar-refractivity contribution is 0.0214. The van der Waals surface area contributed by atoms with Crippen molar-refractivity contribution in [1.82, 2.24) is 0 Å². The first-order valence-corrected chi connectivity index (χ1v) is 9.26. The van der Waals surface area contributed by atoms with Gasteiger partial charge in [0, 0.05) is 0 Å². The molecule has 0 aromatic rings. The molecule has 1 aliphatic heterocycles. The normalized spacial score (nSPS) is 52.8. The molecule has 2 saturated carbocycles. The van der Waals surface area contributed by atoms with Gasteiger partial charge in [0.1, 0.15) is 0 Å². The van der Waals surface area contributed by atoms with Gasteiger partial charge in [-0.15, -0.1) is 0 Å². The van der Waals surface area contributed by atoms with Gasteiger partial charge in [-0.25, -0.2) is 0 Å². The highest BCUT2D eigenvalue weighted by Crippen LogP contribution is 2.69. The molecule has 3 rings (SSSR count). The van der Waals surface area contributed by atoms with E-state index in [-0.39, 0.29) is 11.8 Å². The summed E-state index contributed by atoms with van der Waals surface area (Å²) in [6, 6.07) is 0. The molecular formula is C12H20ClO2P. The SMILES string of the molecule is O=P1(Cl)OC2CCCCC2C2CCCCC21. The van der Waals surface area contributed by atoms with Crippen LogP contribution in [0.25, 0.3) is 0 Å². The van der Waals surface area contributed by atoms with Gasteiger partial charge in [0.25, 0.3) is 6.72 Å². The lowest BCUT2D eigenvalue weighted by Crippen LogP contribution is -2.44. The van der Waals surface area contributed by atoms with E-state index >= 15 is 0 Å². The fraction of sp³-hybridized carbons (Fsp3) is 1.00. The number of rotatable bonds is 0. The number of hydrogen-bond donors (Lipinski definition) is 0. The monoisotopic (exact) mass is 262 g/mol. The molecule has 5 atom stereocenters. The van der Waals surface area contributed by atoms with Crippen LogP contribution in [-0.2, 0) is 9.09 Å². The van der Waals surface area contributed by atoms with E-state index in [1.165, 1.54) is 38.5 Å². The van der Waals surface area contributed by atoms with Crippen molar-refractivity contribution < 1.29 is 9.09 Å². The summed E-state index contributed by atoms with van der Waals surface area (Å²) in [5.41, 5.74) is 0.169. The molecule has 4 heteroatoms. The second kappa shape index (κ2) is 4.30. The van der Waals surface area contributed by atoms with Crippen LogP contribution in [0.3, 0.4) is 0 Å². The zero-order valence-corrected chi connectivity index (χ0v) is 11.3. The van der Waals surface area contributed by atoms with E-state index in [2.05, 4.69) is 0 Å². The Morgan fingerprint density at radius 2 is 1.56 bits per heavy atom. The zero-order valence-electron chi connectivity index (χ0n) is 9.61. The third-order valence-corrected chi connectivity index (χ3v) is 7.74. The highest BCUT2D eigenvalue weighted by Gasteiger charge is 2.51. The quantitative estimate of drug-likeness (QED) is 0.598. The summed E-state index contributed by atoms with van der Waals surface area (Å²) in [5, 5.41) is 0.